The van der Waals surface area contributed by atoms with E-state index in [2.05, 4.69) is 29.5 Å². The van der Waals surface area contributed by atoms with Gasteiger partial charge in [0.1, 0.15) is 5.69 Å². The number of rotatable bonds is 6. The summed E-state index contributed by atoms with van der Waals surface area (Å²) in [6.45, 7) is 12.3. The van der Waals surface area contributed by atoms with Crippen molar-refractivity contribution in [1.82, 2.24) is 9.46 Å². The van der Waals surface area contributed by atoms with Crippen molar-refractivity contribution in [3.63, 3.8) is 0 Å². The van der Waals surface area contributed by atoms with E-state index in [1.54, 1.807) is 13.0 Å². The van der Waals surface area contributed by atoms with Crippen molar-refractivity contribution in [2.75, 3.05) is 18.4 Å². The Labute approximate surface area is 219 Å². The lowest BCUT2D eigenvalue weighted by Crippen LogP contribution is -2.41. The molecule has 4 rings (SSSR count). The molecule has 8 heteroatoms. The maximum atomic E-state index is 13.6. The van der Waals surface area contributed by atoms with Gasteiger partial charge in [-0.3, -0.25) is 4.79 Å². The van der Waals surface area contributed by atoms with Crippen LogP contribution in [0.4, 0.5) is 5.69 Å². The molecule has 1 aromatic heterocycles. The molecule has 2 heterocycles. The van der Waals surface area contributed by atoms with E-state index >= 15 is 0 Å². The van der Waals surface area contributed by atoms with E-state index in [4.69, 9.17) is 4.52 Å². The highest BCUT2D eigenvalue weighted by Crippen LogP contribution is 2.30. The monoisotopic (exact) mass is 521 g/mol. The molecule has 0 atom stereocenters. The lowest BCUT2D eigenvalue weighted by Gasteiger charge is -2.30. The van der Waals surface area contributed by atoms with Gasteiger partial charge in [0.2, 0.25) is 15.9 Å². The van der Waals surface area contributed by atoms with Crippen LogP contribution in [0, 0.1) is 47.5 Å². The first-order chi connectivity index (χ1) is 17.5. The van der Waals surface area contributed by atoms with Crippen LogP contribution in [0.25, 0.3) is 12.2 Å². The minimum atomic E-state index is -3.84. The normalized spacial score (nSPS) is 15.4. The van der Waals surface area contributed by atoms with E-state index in [0.29, 0.717) is 18.5 Å². The summed E-state index contributed by atoms with van der Waals surface area (Å²) in [5, 5.41) is 6.98. The van der Waals surface area contributed by atoms with Crippen molar-refractivity contribution in [1.29, 1.82) is 0 Å². The van der Waals surface area contributed by atoms with Crippen LogP contribution in [0.2, 0.25) is 0 Å². The van der Waals surface area contributed by atoms with Gasteiger partial charge in [-0.15, -0.1) is 0 Å². The van der Waals surface area contributed by atoms with Crippen molar-refractivity contribution >= 4 is 33.8 Å². The second-order valence-corrected chi connectivity index (χ2v) is 11.9. The molecular weight excluding hydrogens is 486 g/mol. The molecule has 196 valence electrons. The Morgan fingerprint density at radius 2 is 1.65 bits per heavy atom. The Morgan fingerprint density at radius 1 is 1.00 bits per heavy atom. The van der Waals surface area contributed by atoms with Crippen molar-refractivity contribution in [3.8, 4) is 0 Å². The SMILES string of the molecule is Cc1cc(C)c(C=Cc2onc(C)c2S(=O)(=O)N2CCC(C(=O)Nc3cccc(C)c3C)CC2)c(C)c1. The highest BCUT2D eigenvalue weighted by molar-refractivity contribution is 7.89. The maximum Gasteiger partial charge on any atom is 0.248 e. The first-order valence-electron chi connectivity index (χ1n) is 12.6. The van der Waals surface area contributed by atoms with Gasteiger partial charge in [0.25, 0.3) is 0 Å². The topological polar surface area (TPSA) is 92.5 Å². The van der Waals surface area contributed by atoms with E-state index in [-0.39, 0.29) is 35.6 Å². The summed E-state index contributed by atoms with van der Waals surface area (Å²) in [7, 11) is -3.84. The summed E-state index contributed by atoms with van der Waals surface area (Å²) in [5.74, 6) is -0.104. The molecule has 2 aromatic carbocycles. The molecule has 37 heavy (non-hydrogen) atoms. The fourth-order valence-corrected chi connectivity index (χ4v) is 6.74. The zero-order valence-corrected chi connectivity index (χ0v) is 23.2. The minimum absolute atomic E-state index is 0.0700. The van der Waals surface area contributed by atoms with Crippen LogP contribution in [-0.2, 0) is 14.8 Å². The fourth-order valence-electron chi connectivity index (χ4n) is 5.02. The number of nitrogens with one attached hydrogen (secondary N) is 1. The molecule has 0 bridgehead atoms. The van der Waals surface area contributed by atoms with Gasteiger partial charge in [0.05, 0.1) is 0 Å². The lowest BCUT2D eigenvalue weighted by molar-refractivity contribution is -0.120. The van der Waals surface area contributed by atoms with Crippen LogP contribution in [0.15, 0.2) is 39.8 Å². The van der Waals surface area contributed by atoms with E-state index in [0.717, 1.165) is 33.5 Å². The molecule has 1 aliphatic rings. The molecule has 1 N–H and O–H groups in total. The summed E-state index contributed by atoms with van der Waals surface area (Å²) in [6.07, 6.45) is 4.47. The molecule has 0 aliphatic carbocycles. The number of piperidine rings is 1. The van der Waals surface area contributed by atoms with Gasteiger partial charge in [-0.1, -0.05) is 41.1 Å². The Balaban J connectivity index is 1.49. The first-order valence-corrected chi connectivity index (χ1v) is 14.0. The fraction of sp³-hybridized carbons (Fsp3) is 0.379. The molecule has 3 aromatic rings. The van der Waals surface area contributed by atoms with Crippen LogP contribution in [0.3, 0.4) is 0 Å². The van der Waals surface area contributed by atoms with Gasteiger partial charge in [-0.05, 0) is 94.3 Å². The van der Waals surface area contributed by atoms with Crippen molar-refractivity contribution < 1.29 is 17.7 Å². The molecule has 1 aliphatic heterocycles. The minimum Gasteiger partial charge on any atom is -0.355 e. The predicted molar refractivity (Wildman–Crippen MR) is 147 cm³/mol. The molecule has 0 saturated carbocycles. The number of benzene rings is 2. The third kappa shape index (κ3) is 5.55. The van der Waals surface area contributed by atoms with Gasteiger partial charge in [-0.2, -0.15) is 4.31 Å². The standard InChI is InChI=1S/C29H35N3O4S/c1-18-16-20(3)25(21(4)17-18)10-11-27-28(23(6)31-36-27)37(34,35)32-14-12-24(13-15-32)29(33)30-26-9-7-8-19(2)22(26)5/h7-11,16-17,24H,12-15H2,1-6H3,(H,30,33). The molecule has 0 radical (unpaired) electrons. The number of hydrogen-bond donors (Lipinski definition) is 1. The molecule has 1 saturated heterocycles. The molecule has 7 nitrogen and oxygen atoms in total. The second-order valence-electron chi connectivity index (χ2n) is 10.0. The van der Waals surface area contributed by atoms with Gasteiger partial charge < -0.3 is 9.84 Å². The summed E-state index contributed by atoms with van der Waals surface area (Å²) in [6, 6.07) is 10.0. The van der Waals surface area contributed by atoms with Gasteiger partial charge >= 0.3 is 0 Å². The molecular formula is C29H35N3O4S. The molecule has 1 amide bonds. The summed E-state index contributed by atoms with van der Waals surface area (Å²) in [5.41, 5.74) is 7.69. The Kier molecular flexibility index (Phi) is 7.71. The number of aryl methyl sites for hydroxylation is 5. The molecule has 1 fully saturated rings. The number of sulfonamides is 1. The summed E-state index contributed by atoms with van der Waals surface area (Å²) >= 11 is 0. The average molecular weight is 522 g/mol. The smallest absolute Gasteiger partial charge is 0.248 e. The highest BCUT2D eigenvalue weighted by atomic mass is 32.2. The lowest BCUT2D eigenvalue weighted by atomic mass is 9.97. The largest absolute Gasteiger partial charge is 0.355 e. The number of anilines is 1. The van der Waals surface area contributed by atoms with Gasteiger partial charge in [0, 0.05) is 24.7 Å². The maximum absolute atomic E-state index is 13.6. The number of carbonyl (C=O) groups excluding carboxylic acids is 1. The summed E-state index contributed by atoms with van der Waals surface area (Å²) < 4.78 is 34.1. The Bertz CT molecular complexity index is 1440. The third-order valence-electron chi connectivity index (χ3n) is 7.26. The second kappa shape index (κ2) is 10.6. The molecule has 0 unspecified atom stereocenters. The van der Waals surface area contributed by atoms with Gasteiger partial charge in [0.15, 0.2) is 10.7 Å². The predicted octanol–water partition coefficient (Wildman–Crippen LogP) is 5.73. The number of amides is 1. The number of aromatic nitrogens is 1. The quantitative estimate of drug-likeness (QED) is 0.447. The van der Waals surface area contributed by atoms with Crippen LogP contribution in [0.1, 0.15) is 57.7 Å². The Morgan fingerprint density at radius 3 is 2.30 bits per heavy atom. The van der Waals surface area contributed by atoms with E-state index in [9.17, 15) is 13.2 Å². The number of hydrogen-bond acceptors (Lipinski definition) is 5. The van der Waals surface area contributed by atoms with Crippen LogP contribution < -0.4 is 5.32 Å². The van der Waals surface area contributed by atoms with Gasteiger partial charge in [-0.25, -0.2) is 8.42 Å². The van der Waals surface area contributed by atoms with Crippen LogP contribution in [0.5, 0.6) is 0 Å². The van der Waals surface area contributed by atoms with E-state index in [1.807, 2.05) is 52.0 Å². The first kappa shape index (κ1) is 26.8. The summed E-state index contributed by atoms with van der Waals surface area (Å²) in [4.78, 5) is 13.0. The number of nitrogens with zero attached hydrogens (tertiary/aromatic N) is 2. The third-order valence-corrected chi connectivity index (χ3v) is 9.32. The zero-order chi connectivity index (χ0) is 26.9. The average Bonchev–Trinajstić information content (AvgIpc) is 3.22. The zero-order valence-electron chi connectivity index (χ0n) is 22.4. The number of carbonyl (C=O) groups is 1. The van der Waals surface area contributed by atoms with E-state index in [1.165, 1.54) is 9.87 Å². The van der Waals surface area contributed by atoms with Crippen molar-refractivity contribution in [2.24, 2.45) is 5.92 Å². The van der Waals surface area contributed by atoms with Crippen molar-refractivity contribution in [3.05, 3.63) is 75.2 Å². The molecule has 0 spiro atoms. The van der Waals surface area contributed by atoms with Crippen molar-refractivity contribution in [2.45, 2.75) is 59.3 Å². The Hall–Kier alpha value is -3.23. The van der Waals surface area contributed by atoms with Crippen LogP contribution in [-0.4, -0.2) is 36.9 Å². The van der Waals surface area contributed by atoms with E-state index < -0.39 is 10.0 Å². The van der Waals surface area contributed by atoms with Crippen LogP contribution >= 0.6 is 0 Å². The highest BCUT2D eigenvalue weighted by Gasteiger charge is 2.36.